The molecule has 0 aromatic heterocycles. The van der Waals surface area contributed by atoms with Gasteiger partial charge in [0.25, 0.3) is 0 Å². The highest BCUT2D eigenvalue weighted by atomic mass is 16.5. The third kappa shape index (κ3) is 2.89. The summed E-state index contributed by atoms with van der Waals surface area (Å²) in [6.07, 6.45) is 1.54. The van der Waals surface area contributed by atoms with E-state index in [1.807, 2.05) is 0 Å². The van der Waals surface area contributed by atoms with Crippen molar-refractivity contribution in [2.75, 3.05) is 0 Å². The van der Waals surface area contributed by atoms with E-state index >= 15 is 0 Å². The van der Waals surface area contributed by atoms with Crippen LogP contribution in [0.3, 0.4) is 0 Å². The molecule has 0 unspecified atom stereocenters. The van der Waals surface area contributed by atoms with E-state index < -0.39 is 6.03 Å². The Kier molecular flexibility index (Phi) is 3.54. The van der Waals surface area contributed by atoms with Gasteiger partial charge in [-0.25, -0.2) is 9.86 Å². The molecule has 0 radical (unpaired) electrons. The molecular weight excluding hydrogens is 240 g/mol. The lowest BCUT2D eigenvalue weighted by molar-refractivity contribution is -0.102. The van der Waals surface area contributed by atoms with Crippen LogP contribution in [0.4, 0.5) is 4.79 Å². The number of nitrogens with zero attached hydrogens (tertiary/aromatic N) is 1. The van der Waals surface area contributed by atoms with Crippen molar-refractivity contribution in [2.24, 2.45) is 5.73 Å². The predicted octanol–water partition coefficient (Wildman–Crippen LogP) is 3.00. The number of hydrogen-bond donors (Lipinski definition) is 2. The zero-order valence-corrected chi connectivity index (χ0v) is 11.8. The number of hydrogen-bond acceptors (Lipinski definition) is 2. The first-order valence-corrected chi connectivity index (χ1v) is 6.67. The number of amides is 2. The van der Waals surface area contributed by atoms with Crippen LogP contribution in [0.15, 0.2) is 24.3 Å². The summed E-state index contributed by atoms with van der Waals surface area (Å²) in [4.78, 5) is 10.8. The quantitative estimate of drug-likeness (QED) is 0.635. The molecule has 1 aromatic rings. The fraction of sp³-hybridized carbons (Fsp3) is 0.533. The second-order valence-corrected chi connectivity index (χ2v) is 6.38. The molecule has 1 aliphatic carbocycles. The Bertz CT molecular complexity index is 456. The topological polar surface area (TPSA) is 66.6 Å². The van der Waals surface area contributed by atoms with Gasteiger partial charge < -0.3 is 5.73 Å². The van der Waals surface area contributed by atoms with Crippen molar-refractivity contribution in [2.45, 2.75) is 51.0 Å². The summed E-state index contributed by atoms with van der Waals surface area (Å²) in [6.45, 7) is 6.58. The Balaban J connectivity index is 1.97. The Morgan fingerprint density at radius 1 is 1.26 bits per heavy atom. The van der Waals surface area contributed by atoms with E-state index in [1.165, 1.54) is 11.1 Å². The van der Waals surface area contributed by atoms with E-state index in [0.717, 1.165) is 12.8 Å². The molecule has 1 saturated carbocycles. The number of rotatable bonds is 2. The molecule has 0 heterocycles. The fourth-order valence-corrected chi connectivity index (χ4v) is 2.49. The molecule has 1 aliphatic rings. The summed E-state index contributed by atoms with van der Waals surface area (Å²) in [7, 11) is 0. The van der Waals surface area contributed by atoms with Crippen LogP contribution in [0.1, 0.15) is 50.7 Å². The van der Waals surface area contributed by atoms with Gasteiger partial charge in [-0.3, -0.25) is 5.21 Å². The fourth-order valence-electron chi connectivity index (χ4n) is 2.49. The summed E-state index contributed by atoms with van der Waals surface area (Å²) in [5.41, 5.74) is 7.78. The van der Waals surface area contributed by atoms with Gasteiger partial charge >= 0.3 is 6.03 Å². The van der Waals surface area contributed by atoms with E-state index in [2.05, 4.69) is 45.0 Å². The second kappa shape index (κ2) is 4.85. The molecule has 3 N–H and O–H groups in total. The highest BCUT2D eigenvalue weighted by Crippen LogP contribution is 2.39. The van der Waals surface area contributed by atoms with Crippen LogP contribution in [0.25, 0.3) is 0 Å². The van der Waals surface area contributed by atoms with Gasteiger partial charge in [0.15, 0.2) is 0 Å². The third-order valence-corrected chi connectivity index (χ3v) is 3.93. The van der Waals surface area contributed by atoms with Crippen LogP contribution in [0.5, 0.6) is 0 Å². The highest BCUT2D eigenvalue weighted by molar-refractivity contribution is 5.71. The molecule has 4 nitrogen and oxygen atoms in total. The average molecular weight is 262 g/mol. The van der Waals surface area contributed by atoms with Crippen molar-refractivity contribution >= 4 is 6.03 Å². The SMILES string of the molecule is CC(C)(C)c1ccc([C@H]2C[C@H](N(O)C(N)=O)C2)cc1. The maximum Gasteiger partial charge on any atom is 0.338 e. The van der Waals surface area contributed by atoms with Gasteiger partial charge in [-0.1, -0.05) is 45.0 Å². The van der Waals surface area contributed by atoms with Crippen LogP contribution in [0.2, 0.25) is 0 Å². The molecule has 0 atom stereocenters. The maximum atomic E-state index is 10.8. The molecule has 4 heteroatoms. The molecule has 0 spiro atoms. The van der Waals surface area contributed by atoms with Gasteiger partial charge in [-0.05, 0) is 35.3 Å². The third-order valence-electron chi connectivity index (χ3n) is 3.93. The maximum absolute atomic E-state index is 10.8. The molecule has 2 rings (SSSR count). The number of urea groups is 1. The normalized spacial score (nSPS) is 22.7. The minimum absolute atomic E-state index is 0.134. The van der Waals surface area contributed by atoms with Crippen LogP contribution in [-0.4, -0.2) is 22.3 Å². The van der Waals surface area contributed by atoms with E-state index in [-0.39, 0.29) is 11.5 Å². The molecule has 104 valence electrons. The van der Waals surface area contributed by atoms with Gasteiger partial charge in [0.1, 0.15) is 0 Å². The minimum Gasteiger partial charge on any atom is -0.350 e. The van der Waals surface area contributed by atoms with Gasteiger partial charge in [0.2, 0.25) is 0 Å². The number of nitrogens with two attached hydrogens (primary N) is 1. The van der Waals surface area contributed by atoms with Crippen LogP contribution >= 0.6 is 0 Å². The van der Waals surface area contributed by atoms with Crippen molar-refractivity contribution in [1.82, 2.24) is 5.06 Å². The molecule has 0 aliphatic heterocycles. The summed E-state index contributed by atoms with van der Waals surface area (Å²) in [5, 5.41) is 10.1. The van der Waals surface area contributed by atoms with Crippen LogP contribution in [-0.2, 0) is 5.41 Å². The number of carbonyl (C=O) groups is 1. The molecular formula is C15H22N2O2. The van der Waals surface area contributed by atoms with E-state index in [4.69, 9.17) is 5.73 Å². The lowest BCUT2D eigenvalue weighted by Gasteiger charge is -2.39. The van der Waals surface area contributed by atoms with E-state index in [0.29, 0.717) is 11.0 Å². The summed E-state index contributed by atoms with van der Waals surface area (Å²) < 4.78 is 0. The monoisotopic (exact) mass is 262 g/mol. The first-order valence-electron chi connectivity index (χ1n) is 6.67. The lowest BCUT2D eigenvalue weighted by Crippen LogP contribution is -2.47. The average Bonchev–Trinajstić information content (AvgIpc) is 2.26. The van der Waals surface area contributed by atoms with Gasteiger partial charge in [-0.15, -0.1) is 0 Å². The first-order chi connectivity index (χ1) is 8.79. The Labute approximate surface area is 114 Å². The highest BCUT2D eigenvalue weighted by Gasteiger charge is 2.35. The van der Waals surface area contributed by atoms with Crippen molar-refractivity contribution in [3.8, 4) is 0 Å². The molecule has 19 heavy (non-hydrogen) atoms. The molecule has 1 fully saturated rings. The summed E-state index contributed by atoms with van der Waals surface area (Å²) >= 11 is 0. The van der Waals surface area contributed by atoms with E-state index in [1.54, 1.807) is 0 Å². The molecule has 2 amide bonds. The molecule has 0 bridgehead atoms. The Hall–Kier alpha value is -1.55. The predicted molar refractivity (Wildman–Crippen MR) is 74.1 cm³/mol. The van der Waals surface area contributed by atoms with Crippen molar-refractivity contribution in [3.05, 3.63) is 35.4 Å². The second-order valence-electron chi connectivity index (χ2n) is 6.38. The summed E-state index contributed by atoms with van der Waals surface area (Å²) in [6, 6.07) is 7.71. The van der Waals surface area contributed by atoms with Crippen molar-refractivity contribution in [1.29, 1.82) is 0 Å². The largest absolute Gasteiger partial charge is 0.350 e. The lowest BCUT2D eigenvalue weighted by atomic mass is 9.75. The number of hydroxylamine groups is 2. The standard InChI is InChI=1S/C15H22N2O2/c1-15(2,3)12-6-4-10(5-7-12)11-8-13(9-11)17(19)14(16)18/h4-7,11,13,19H,8-9H2,1-3H3,(H2,16,18)/t11-,13-. The van der Waals surface area contributed by atoms with Crippen LogP contribution in [0, 0.1) is 0 Å². The zero-order chi connectivity index (χ0) is 14.2. The van der Waals surface area contributed by atoms with Crippen molar-refractivity contribution in [3.63, 3.8) is 0 Å². The van der Waals surface area contributed by atoms with Gasteiger partial charge in [0.05, 0.1) is 6.04 Å². The van der Waals surface area contributed by atoms with Gasteiger partial charge in [-0.2, -0.15) is 0 Å². The smallest absolute Gasteiger partial charge is 0.338 e. The molecule has 0 saturated heterocycles. The number of primary amides is 1. The van der Waals surface area contributed by atoms with Crippen LogP contribution < -0.4 is 5.73 Å². The van der Waals surface area contributed by atoms with E-state index in [9.17, 15) is 10.0 Å². The number of benzene rings is 1. The Morgan fingerprint density at radius 2 is 1.79 bits per heavy atom. The zero-order valence-electron chi connectivity index (χ0n) is 11.8. The summed E-state index contributed by atoms with van der Waals surface area (Å²) in [5.74, 6) is 0.410. The Morgan fingerprint density at radius 3 is 2.21 bits per heavy atom. The van der Waals surface area contributed by atoms with Gasteiger partial charge in [0, 0.05) is 0 Å². The minimum atomic E-state index is -0.772. The molecule has 1 aromatic carbocycles. The first kappa shape index (κ1) is 13.9. The number of carbonyl (C=O) groups excluding carboxylic acids is 1. The van der Waals surface area contributed by atoms with Crippen molar-refractivity contribution < 1.29 is 10.0 Å².